The van der Waals surface area contributed by atoms with Crippen molar-refractivity contribution in [2.24, 2.45) is 0 Å². The highest BCUT2D eigenvalue weighted by Gasteiger charge is 2.21. The Hall–Kier alpha value is -1.25. The van der Waals surface area contributed by atoms with Crippen molar-refractivity contribution in [1.29, 1.82) is 0 Å². The number of hydrogen-bond donors (Lipinski definition) is 0. The van der Waals surface area contributed by atoms with Gasteiger partial charge in [-0.2, -0.15) is 0 Å². The first-order chi connectivity index (χ1) is 30.5. The quantitative estimate of drug-likeness (QED) is 0.0195. The van der Waals surface area contributed by atoms with Gasteiger partial charge in [-0.15, -0.1) is 0 Å². The number of ether oxygens (including phenoxy) is 2. The van der Waals surface area contributed by atoms with Gasteiger partial charge in [0, 0.05) is 12.8 Å². The van der Waals surface area contributed by atoms with Gasteiger partial charge in [-0.3, -0.25) is 14.2 Å². The number of rotatable bonds is 50. The maximum Gasteiger partial charge on any atom is 0.306 e. The highest BCUT2D eigenvalue weighted by Crippen LogP contribution is 2.38. The number of hydrogen-bond acceptors (Lipinski definition) is 8. The van der Waals surface area contributed by atoms with Crippen LogP contribution in [0.1, 0.15) is 264 Å². The van der Waals surface area contributed by atoms with Crippen LogP contribution in [0.3, 0.4) is 0 Å². The van der Waals surface area contributed by atoms with Gasteiger partial charge in [-0.1, -0.05) is 225 Å². The van der Waals surface area contributed by atoms with E-state index in [1.54, 1.807) is 0 Å². The predicted octanol–water partition coefficient (Wildman–Crippen LogP) is 15.5. The number of phosphoric acid groups is 1. The van der Waals surface area contributed by atoms with Gasteiger partial charge in [-0.25, -0.2) is 0 Å². The van der Waals surface area contributed by atoms with Crippen LogP contribution in [0, 0.1) is 0 Å². The third kappa shape index (κ3) is 50.0. The van der Waals surface area contributed by atoms with E-state index in [1.807, 2.05) is 21.1 Å². The Morgan fingerprint density at radius 2 is 0.810 bits per heavy atom. The Balaban J connectivity index is 4.19. The van der Waals surface area contributed by atoms with Crippen LogP contribution in [0.4, 0.5) is 0 Å². The van der Waals surface area contributed by atoms with Gasteiger partial charge in [0.05, 0.1) is 27.7 Å². The van der Waals surface area contributed by atoms with E-state index in [1.165, 1.54) is 193 Å². The SMILES string of the molecule is CCCCCCCCCC/C=C\CCCCCCCCCCCC(=O)OC(COC(=O)CCCCCCCCCCCCCCCCCCCC)COP(=O)([O-])OCC[N+](C)(C)C. The van der Waals surface area contributed by atoms with E-state index < -0.39 is 26.5 Å². The van der Waals surface area contributed by atoms with Crippen LogP contribution in [0.15, 0.2) is 12.2 Å². The van der Waals surface area contributed by atoms with E-state index in [0.717, 1.165) is 38.5 Å². The van der Waals surface area contributed by atoms with Crippen LogP contribution in [0.2, 0.25) is 0 Å². The minimum Gasteiger partial charge on any atom is -0.756 e. The summed E-state index contributed by atoms with van der Waals surface area (Å²) in [6, 6.07) is 0. The fourth-order valence-electron chi connectivity index (χ4n) is 7.83. The van der Waals surface area contributed by atoms with E-state index in [0.29, 0.717) is 17.4 Å². The van der Waals surface area contributed by atoms with Crippen molar-refractivity contribution >= 4 is 19.8 Å². The average molecular weight is 914 g/mol. The summed E-state index contributed by atoms with van der Waals surface area (Å²) >= 11 is 0. The number of phosphoric ester groups is 1. The van der Waals surface area contributed by atoms with Crippen molar-refractivity contribution in [1.82, 2.24) is 0 Å². The number of quaternary nitrogens is 1. The lowest BCUT2D eigenvalue weighted by atomic mass is 10.0. The minimum atomic E-state index is -4.63. The Morgan fingerprint density at radius 1 is 0.476 bits per heavy atom. The molecule has 63 heavy (non-hydrogen) atoms. The third-order valence-corrected chi connectivity index (χ3v) is 13.0. The second-order valence-electron chi connectivity index (χ2n) is 19.6. The minimum absolute atomic E-state index is 0.0276. The topological polar surface area (TPSA) is 111 Å². The Bertz CT molecular complexity index is 1080. The summed E-state index contributed by atoms with van der Waals surface area (Å²) in [7, 11) is 1.18. The van der Waals surface area contributed by atoms with Crippen molar-refractivity contribution in [2.45, 2.75) is 270 Å². The molecule has 0 aliphatic carbocycles. The second-order valence-corrected chi connectivity index (χ2v) is 21.0. The van der Waals surface area contributed by atoms with Crippen molar-refractivity contribution in [3.63, 3.8) is 0 Å². The molecule has 0 aromatic heterocycles. The lowest BCUT2D eigenvalue weighted by molar-refractivity contribution is -0.870. The molecule has 0 N–H and O–H groups in total. The largest absolute Gasteiger partial charge is 0.756 e. The standard InChI is InChI=1S/C53H104NO8P/c1-6-8-10-12-14-16-18-20-22-24-26-27-28-30-32-34-36-38-40-42-44-46-53(56)62-51(50-61-63(57,58)60-48-47-54(3,4)5)49-59-52(55)45-43-41-39-37-35-33-31-29-25-23-21-19-17-15-13-11-9-7-2/h24,26,51H,6-23,25,27-50H2,1-5H3/b26-24-. The summed E-state index contributed by atoms with van der Waals surface area (Å²) in [5, 5.41) is 0. The van der Waals surface area contributed by atoms with Crippen LogP contribution in [0.25, 0.3) is 0 Å². The molecule has 0 spiro atoms. The normalized spacial score (nSPS) is 13.4. The number of unbranched alkanes of at least 4 members (excludes halogenated alkanes) is 34. The third-order valence-electron chi connectivity index (χ3n) is 12.0. The highest BCUT2D eigenvalue weighted by atomic mass is 31.2. The summed E-state index contributed by atoms with van der Waals surface area (Å²) in [5.41, 5.74) is 0. The fraction of sp³-hybridized carbons (Fsp3) is 0.925. The van der Waals surface area contributed by atoms with Crippen LogP contribution >= 0.6 is 7.82 Å². The average Bonchev–Trinajstić information content (AvgIpc) is 3.24. The molecule has 0 bridgehead atoms. The van der Waals surface area contributed by atoms with Crippen molar-refractivity contribution in [3.8, 4) is 0 Å². The molecule has 0 heterocycles. The molecule has 0 saturated heterocycles. The van der Waals surface area contributed by atoms with Gasteiger partial charge < -0.3 is 27.9 Å². The first-order valence-electron chi connectivity index (χ1n) is 26.9. The number of carbonyl (C=O) groups excluding carboxylic acids is 2. The van der Waals surface area contributed by atoms with Crippen LogP contribution in [-0.4, -0.2) is 70.0 Å². The molecule has 0 aliphatic rings. The number of nitrogens with zero attached hydrogens (tertiary/aromatic N) is 1. The van der Waals surface area contributed by atoms with E-state index in [2.05, 4.69) is 26.0 Å². The zero-order valence-corrected chi connectivity index (χ0v) is 43.2. The smallest absolute Gasteiger partial charge is 0.306 e. The Morgan fingerprint density at radius 3 is 1.17 bits per heavy atom. The molecule has 0 aromatic carbocycles. The molecule has 2 unspecified atom stereocenters. The molecular formula is C53H104NO8P. The molecule has 10 heteroatoms. The monoisotopic (exact) mass is 914 g/mol. The lowest BCUT2D eigenvalue weighted by Gasteiger charge is -2.28. The van der Waals surface area contributed by atoms with Crippen LogP contribution in [0.5, 0.6) is 0 Å². The van der Waals surface area contributed by atoms with Crippen LogP contribution < -0.4 is 4.89 Å². The Kier molecular flexibility index (Phi) is 45.0. The molecule has 0 radical (unpaired) electrons. The van der Waals surface area contributed by atoms with Gasteiger partial charge in [-0.05, 0) is 38.5 Å². The van der Waals surface area contributed by atoms with E-state index in [9.17, 15) is 19.0 Å². The van der Waals surface area contributed by atoms with Crippen LogP contribution in [-0.2, 0) is 32.7 Å². The molecule has 0 amide bonds. The first-order valence-corrected chi connectivity index (χ1v) is 28.4. The lowest BCUT2D eigenvalue weighted by Crippen LogP contribution is -2.37. The molecule has 0 aliphatic heterocycles. The maximum absolute atomic E-state index is 12.8. The molecule has 9 nitrogen and oxygen atoms in total. The summed E-state index contributed by atoms with van der Waals surface area (Å²) in [6.07, 6.45) is 51.0. The number of likely N-dealkylation sites (N-methyl/N-ethyl adjacent to an activating group) is 1. The fourth-order valence-corrected chi connectivity index (χ4v) is 8.56. The van der Waals surface area contributed by atoms with Gasteiger partial charge in [0.2, 0.25) is 0 Å². The molecule has 374 valence electrons. The molecule has 2 atom stereocenters. The van der Waals surface area contributed by atoms with E-state index >= 15 is 0 Å². The van der Waals surface area contributed by atoms with Crippen molar-refractivity contribution < 1.29 is 42.1 Å². The van der Waals surface area contributed by atoms with E-state index in [-0.39, 0.29) is 32.0 Å². The van der Waals surface area contributed by atoms with Gasteiger partial charge in [0.1, 0.15) is 19.8 Å². The molecule has 0 fully saturated rings. The number of esters is 2. The predicted molar refractivity (Wildman–Crippen MR) is 264 cm³/mol. The first kappa shape index (κ1) is 61.8. The van der Waals surface area contributed by atoms with Gasteiger partial charge in [0.15, 0.2) is 6.10 Å². The zero-order chi connectivity index (χ0) is 46.4. The summed E-state index contributed by atoms with van der Waals surface area (Å²) in [5.74, 6) is -0.820. The van der Waals surface area contributed by atoms with Gasteiger partial charge in [0.25, 0.3) is 7.82 Å². The number of allylic oxidation sites excluding steroid dienone is 2. The summed E-state index contributed by atoms with van der Waals surface area (Å²) in [6.45, 7) is 4.28. The van der Waals surface area contributed by atoms with E-state index in [4.69, 9.17) is 18.5 Å². The summed E-state index contributed by atoms with van der Waals surface area (Å²) in [4.78, 5) is 37.8. The Labute approximate surface area is 390 Å². The molecule has 0 aromatic rings. The molecule has 0 saturated carbocycles. The zero-order valence-electron chi connectivity index (χ0n) is 42.3. The maximum atomic E-state index is 12.8. The van der Waals surface area contributed by atoms with Crippen molar-refractivity contribution in [3.05, 3.63) is 12.2 Å². The van der Waals surface area contributed by atoms with Crippen molar-refractivity contribution in [2.75, 3.05) is 47.5 Å². The molecule has 0 rings (SSSR count). The second kappa shape index (κ2) is 45.9. The molecular weight excluding hydrogens is 810 g/mol. The highest BCUT2D eigenvalue weighted by molar-refractivity contribution is 7.45. The number of carbonyl (C=O) groups is 2. The van der Waals surface area contributed by atoms with Gasteiger partial charge >= 0.3 is 11.9 Å². The summed E-state index contributed by atoms with van der Waals surface area (Å²) < 4.78 is 34.1.